The molecule has 0 amide bonds. The van der Waals surface area contributed by atoms with Crippen molar-refractivity contribution in [1.82, 2.24) is 5.16 Å². The third kappa shape index (κ3) is 1.39. The molecular formula is C7H9F2NO. The molecule has 0 radical (unpaired) electrons. The van der Waals surface area contributed by atoms with Crippen LogP contribution in [0.4, 0.5) is 8.78 Å². The molecule has 0 aliphatic carbocycles. The van der Waals surface area contributed by atoms with Gasteiger partial charge in [0.15, 0.2) is 0 Å². The molecule has 0 unspecified atom stereocenters. The second-order valence-corrected chi connectivity index (χ2v) is 2.91. The van der Waals surface area contributed by atoms with E-state index in [2.05, 4.69) is 9.68 Å². The molecule has 0 aliphatic rings. The van der Waals surface area contributed by atoms with E-state index < -0.39 is 11.8 Å². The van der Waals surface area contributed by atoms with Gasteiger partial charge in [0, 0.05) is 6.07 Å². The van der Waals surface area contributed by atoms with Crippen molar-refractivity contribution in [2.45, 2.75) is 25.7 Å². The first-order valence-corrected chi connectivity index (χ1v) is 3.24. The highest BCUT2D eigenvalue weighted by Crippen LogP contribution is 2.28. The Morgan fingerprint density at radius 3 is 2.55 bits per heavy atom. The summed E-state index contributed by atoms with van der Waals surface area (Å²) in [5.41, 5.74) is -0.931. The fraction of sp³-hybridized carbons (Fsp3) is 0.571. The fourth-order valence-corrected chi connectivity index (χ4v) is 0.657. The van der Waals surface area contributed by atoms with Gasteiger partial charge in [0.25, 0.3) is 0 Å². The predicted molar refractivity (Wildman–Crippen MR) is 35.5 cm³/mol. The van der Waals surface area contributed by atoms with Gasteiger partial charge in [-0.15, -0.1) is 0 Å². The highest BCUT2D eigenvalue weighted by molar-refractivity contribution is 5.11. The van der Waals surface area contributed by atoms with Crippen molar-refractivity contribution in [3.05, 3.63) is 18.0 Å². The van der Waals surface area contributed by atoms with Crippen molar-refractivity contribution in [3.8, 4) is 0 Å². The van der Waals surface area contributed by atoms with Gasteiger partial charge in [-0.25, -0.2) is 8.78 Å². The van der Waals surface area contributed by atoms with Crippen LogP contribution in [0, 0.1) is 0 Å². The maximum atomic E-state index is 12.3. The molecule has 2 nitrogen and oxygen atoms in total. The topological polar surface area (TPSA) is 26.0 Å². The maximum absolute atomic E-state index is 12.3. The zero-order valence-electron chi connectivity index (χ0n) is 6.34. The Morgan fingerprint density at radius 2 is 2.18 bits per heavy atom. The van der Waals surface area contributed by atoms with E-state index in [0.29, 0.717) is 0 Å². The van der Waals surface area contributed by atoms with Gasteiger partial charge < -0.3 is 4.52 Å². The molecule has 0 aromatic carbocycles. The molecular weight excluding hydrogens is 152 g/mol. The van der Waals surface area contributed by atoms with Crippen molar-refractivity contribution in [2.24, 2.45) is 0 Å². The minimum Gasteiger partial charge on any atom is -0.364 e. The molecule has 0 saturated carbocycles. The van der Waals surface area contributed by atoms with Crippen LogP contribution >= 0.6 is 0 Å². The van der Waals surface area contributed by atoms with Crippen LogP contribution in [-0.4, -0.2) is 11.6 Å². The quantitative estimate of drug-likeness (QED) is 0.664. The van der Waals surface area contributed by atoms with E-state index in [1.165, 1.54) is 26.2 Å². The number of alkyl halides is 2. The molecule has 1 aromatic heterocycles. The number of hydrogen-bond donors (Lipinski definition) is 0. The molecule has 1 heterocycles. The van der Waals surface area contributed by atoms with Gasteiger partial charge in [0.05, 0.1) is 11.1 Å². The molecule has 1 aromatic rings. The third-order valence-electron chi connectivity index (χ3n) is 1.64. The van der Waals surface area contributed by atoms with E-state index in [9.17, 15) is 8.78 Å². The summed E-state index contributed by atoms with van der Waals surface area (Å²) in [5.74, 6) is 0. The van der Waals surface area contributed by atoms with E-state index in [0.717, 1.165) is 0 Å². The number of aromatic nitrogens is 1. The fourth-order valence-electron chi connectivity index (χ4n) is 0.657. The summed E-state index contributed by atoms with van der Waals surface area (Å²) in [4.78, 5) is 0. The monoisotopic (exact) mass is 161 g/mol. The van der Waals surface area contributed by atoms with E-state index in [1.807, 2.05) is 0 Å². The lowest BCUT2D eigenvalue weighted by Crippen LogP contribution is -2.27. The zero-order chi connectivity index (χ0) is 8.48. The first-order valence-electron chi connectivity index (χ1n) is 3.24. The maximum Gasteiger partial charge on any atom is 0.249 e. The standard InChI is InChI=1S/C7H9F2NO/c1-7(2,6(8)9)5-3-4-11-10-5/h3-4,6H,1-2H3. The molecule has 0 fully saturated rings. The predicted octanol–water partition coefficient (Wildman–Crippen LogP) is 2.22. The Labute approximate surface area is 63.2 Å². The lowest BCUT2D eigenvalue weighted by molar-refractivity contribution is 0.0652. The smallest absolute Gasteiger partial charge is 0.249 e. The van der Waals surface area contributed by atoms with Crippen molar-refractivity contribution in [3.63, 3.8) is 0 Å². The minimum atomic E-state index is -2.42. The van der Waals surface area contributed by atoms with Crippen molar-refractivity contribution in [1.29, 1.82) is 0 Å². The average molecular weight is 161 g/mol. The van der Waals surface area contributed by atoms with Crippen LogP contribution < -0.4 is 0 Å². The molecule has 1 rings (SSSR count). The van der Waals surface area contributed by atoms with Crippen LogP contribution in [0.5, 0.6) is 0 Å². The van der Waals surface area contributed by atoms with Crippen LogP contribution in [0.3, 0.4) is 0 Å². The second-order valence-electron chi connectivity index (χ2n) is 2.91. The molecule has 4 heteroatoms. The summed E-state index contributed by atoms with van der Waals surface area (Å²) in [5, 5.41) is 3.45. The number of halogens is 2. The van der Waals surface area contributed by atoms with E-state index in [4.69, 9.17) is 0 Å². The summed E-state index contributed by atoms with van der Waals surface area (Å²) < 4.78 is 29.1. The van der Waals surface area contributed by atoms with Gasteiger partial charge in [0.1, 0.15) is 6.26 Å². The average Bonchev–Trinajstić information content (AvgIpc) is 2.37. The Balaban J connectivity index is 2.90. The first kappa shape index (κ1) is 8.17. The van der Waals surface area contributed by atoms with Crippen LogP contribution in [0.15, 0.2) is 16.9 Å². The first-order chi connectivity index (χ1) is 5.05. The van der Waals surface area contributed by atoms with Gasteiger partial charge >= 0.3 is 0 Å². The zero-order valence-corrected chi connectivity index (χ0v) is 6.34. The van der Waals surface area contributed by atoms with E-state index >= 15 is 0 Å². The Hall–Kier alpha value is -0.930. The van der Waals surface area contributed by atoms with Gasteiger partial charge in [0.2, 0.25) is 6.43 Å². The molecule has 0 bridgehead atoms. The molecule has 62 valence electrons. The van der Waals surface area contributed by atoms with E-state index in [-0.39, 0.29) is 5.69 Å². The third-order valence-corrected chi connectivity index (χ3v) is 1.64. The van der Waals surface area contributed by atoms with Crippen LogP contribution in [0.1, 0.15) is 19.5 Å². The highest BCUT2D eigenvalue weighted by Gasteiger charge is 2.33. The molecule has 0 aliphatic heterocycles. The van der Waals surface area contributed by atoms with Crippen molar-refractivity contribution >= 4 is 0 Å². The second kappa shape index (κ2) is 2.60. The van der Waals surface area contributed by atoms with Crippen molar-refractivity contribution < 1.29 is 13.3 Å². The summed E-state index contributed by atoms with van der Waals surface area (Å²) in [7, 11) is 0. The minimum absolute atomic E-state index is 0.285. The molecule has 11 heavy (non-hydrogen) atoms. The largest absolute Gasteiger partial charge is 0.364 e. The van der Waals surface area contributed by atoms with E-state index in [1.54, 1.807) is 0 Å². The lowest BCUT2D eigenvalue weighted by Gasteiger charge is -2.19. The van der Waals surface area contributed by atoms with Gasteiger partial charge in [-0.3, -0.25) is 0 Å². The number of nitrogens with zero attached hydrogens (tertiary/aromatic N) is 1. The number of rotatable bonds is 2. The lowest BCUT2D eigenvalue weighted by atomic mass is 9.90. The van der Waals surface area contributed by atoms with Gasteiger partial charge in [-0.1, -0.05) is 5.16 Å². The summed E-state index contributed by atoms with van der Waals surface area (Å²) in [6.45, 7) is 2.85. The van der Waals surface area contributed by atoms with Crippen LogP contribution in [0.2, 0.25) is 0 Å². The van der Waals surface area contributed by atoms with Crippen LogP contribution in [-0.2, 0) is 5.41 Å². The van der Waals surface area contributed by atoms with Crippen molar-refractivity contribution in [2.75, 3.05) is 0 Å². The highest BCUT2D eigenvalue weighted by atomic mass is 19.3. The summed E-state index contributed by atoms with van der Waals surface area (Å²) in [6.07, 6.45) is -1.13. The molecule has 0 atom stereocenters. The Morgan fingerprint density at radius 1 is 1.55 bits per heavy atom. The van der Waals surface area contributed by atoms with Gasteiger partial charge in [-0.05, 0) is 13.8 Å². The van der Waals surface area contributed by atoms with Gasteiger partial charge in [-0.2, -0.15) is 0 Å². The number of hydrogen-bond acceptors (Lipinski definition) is 2. The van der Waals surface area contributed by atoms with Crippen LogP contribution in [0.25, 0.3) is 0 Å². The molecule has 0 spiro atoms. The Kier molecular flexibility index (Phi) is 1.93. The summed E-state index contributed by atoms with van der Waals surface area (Å²) in [6, 6.07) is 1.45. The Bertz CT molecular complexity index is 218. The normalized spacial score (nSPS) is 12.5. The molecule has 0 N–H and O–H groups in total. The summed E-state index contributed by atoms with van der Waals surface area (Å²) >= 11 is 0. The SMILES string of the molecule is CC(C)(c1ccon1)C(F)F. The molecule has 0 saturated heterocycles.